The van der Waals surface area contributed by atoms with Crippen LogP contribution < -0.4 is 11.3 Å². The first-order chi connectivity index (χ1) is 6.00. The molecule has 0 unspecified atom stereocenters. The second-order valence-corrected chi connectivity index (χ2v) is 3.04. The van der Waals surface area contributed by atoms with Gasteiger partial charge < -0.3 is 5.73 Å². The molecule has 6 heteroatoms. The van der Waals surface area contributed by atoms with Crippen LogP contribution in [0.15, 0.2) is 9.79 Å². The maximum absolute atomic E-state index is 11.3. The van der Waals surface area contributed by atoms with Gasteiger partial charge in [-0.15, -0.1) is 0 Å². The molecule has 70 valence electrons. The van der Waals surface area contributed by atoms with Crippen LogP contribution in [0.2, 0.25) is 0 Å². The van der Waals surface area contributed by atoms with Gasteiger partial charge in [-0.1, -0.05) is 11.6 Å². The van der Waals surface area contributed by atoms with Gasteiger partial charge in [0.25, 0.3) is 5.56 Å². The Morgan fingerprint density at radius 1 is 1.69 bits per heavy atom. The van der Waals surface area contributed by atoms with Crippen molar-refractivity contribution in [3.63, 3.8) is 0 Å². The molecule has 1 heterocycles. The number of aryl methyl sites for hydroxylation is 1. The summed E-state index contributed by atoms with van der Waals surface area (Å²) in [6.45, 7) is 3.22. The standard InChI is InChI=1S/C7H9ClN4O/c1-3-5(11-4(2)8)6(13)12-7(9)10-3/h1-2H3,(H3,9,10,12,13). The summed E-state index contributed by atoms with van der Waals surface area (Å²) in [4.78, 5) is 21.2. The Kier molecular flexibility index (Phi) is 2.67. The maximum Gasteiger partial charge on any atom is 0.278 e. The Labute approximate surface area is 79.7 Å². The molecular weight excluding hydrogens is 192 g/mol. The van der Waals surface area contributed by atoms with Crippen molar-refractivity contribution in [2.24, 2.45) is 4.99 Å². The normalized spacial score (nSPS) is 11.8. The highest BCUT2D eigenvalue weighted by molar-refractivity contribution is 6.65. The van der Waals surface area contributed by atoms with E-state index in [4.69, 9.17) is 17.3 Å². The van der Waals surface area contributed by atoms with Gasteiger partial charge in [0.05, 0.1) is 5.69 Å². The summed E-state index contributed by atoms with van der Waals surface area (Å²) in [5, 5.41) is 0.278. The van der Waals surface area contributed by atoms with Crippen LogP contribution in [0, 0.1) is 6.92 Å². The van der Waals surface area contributed by atoms with E-state index in [2.05, 4.69) is 15.0 Å². The van der Waals surface area contributed by atoms with Crippen LogP contribution in [0.3, 0.4) is 0 Å². The number of hydrogen-bond donors (Lipinski definition) is 2. The molecule has 1 aromatic heterocycles. The number of aliphatic imine (C=N–C) groups is 1. The first-order valence-electron chi connectivity index (χ1n) is 3.58. The number of aromatic amines is 1. The zero-order chi connectivity index (χ0) is 10.0. The van der Waals surface area contributed by atoms with E-state index in [0.717, 1.165) is 0 Å². The fourth-order valence-corrected chi connectivity index (χ4v) is 0.972. The van der Waals surface area contributed by atoms with E-state index in [1.165, 1.54) is 0 Å². The molecule has 0 saturated heterocycles. The zero-order valence-corrected chi connectivity index (χ0v) is 8.01. The number of aromatic nitrogens is 2. The van der Waals surface area contributed by atoms with E-state index >= 15 is 0 Å². The molecule has 0 fully saturated rings. The third-order valence-corrected chi connectivity index (χ3v) is 1.44. The Bertz CT molecular complexity index is 405. The summed E-state index contributed by atoms with van der Waals surface area (Å²) < 4.78 is 0. The first-order valence-corrected chi connectivity index (χ1v) is 3.95. The lowest BCUT2D eigenvalue weighted by molar-refractivity contribution is 1.07. The predicted molar refractivity (Wildman–Crippen MR) is 52.6 cm³/mol. The Morgan fingerprint density at radius 3 is 2.77 bits per heavy atom. The van der Waals surface area contributed by atoms with Crippen LogP contribution in [-0.4, -0.2) is 15.1 Å². The van der Waals surface area contributed by atoms with Crippen LogP contribution in [0.4, 0.5) is 11.6 Å². The van der Waals surface area contributed by atoms with Gasteiger partial charge in [0.15, 0.2) is 5.69 Å². The molecule has 0 aromatic carbocycles. The second-order valence-electron chi connectivity index (χ2n) is 2.49. The molecule has 0 atom stereocenters. The molecule has 0 aliphatic rings. The van der Waals surface area contributed by atoms with Crippen molar-refractivity contribution in [2.75, 3.05) is 5.73 Å². The second kappa shape index (κ2) is 3.57. The highest BCUT2D eigenvalue weighted by Crippen LogP contribution is 2.10. The minimum atomic E-state index is -0.384. The van der Waals surface area contributed by atoms with Gasteiger partial charge >= 0.3 is 0 Å². The van der Waals surface area contributed by atoms with Gasteiger partial charge in [-0.05, 0) is 13.8 Å². The lowest BCUT2D eigenvalue weighted by Crippen LogP contribution is -2.12. The van der Waals surface area contributed by atoms with E-state index in [0.29, 0.717) is 5.69 Å². The number of nitrogens with two attached hydrogens (primary N) is 1. The number of halogens is 1. The molecule has 0 bridgehead atoms. The van der Waals surface area contributed by atoms with Crippen LogP contribution in [0.1, 0.15) is 12.6 Å². The monoisotopic (exact) mass is 200 g/mol. The average molecular weight is 201 g/mol. The fraction of sp³-hybridized carbons (Fsp3) is 0.286. The zero-order valence-electron chi connectivity index (χ0n) is 7.26. The number of nitrogens with one attached hydrogen (secondary N) is 1. The van der Waals surface area contributed by atoms with E-state index in [9.17, 15) is 4.79 Å². The van der Waals surface area contributed by atoms with Crippen molar-refractivity contribution in [2.45, 2.75) is 13.8 Å². The van der Waals surface area contributed by atoms with Crippen LogP contribution in [0.25, 0.3) is 0 Å². The van der Waals surface area contributed by atoms with Crippen molar-refractivity contribution in [3.05, 3.63) is 16.0 Å². The summed E-state index contributed by atoms with van der Waals surface area (Å²) in [6, 6.07) is 0. The van der Waals surface area contributed by atoms with Crippen molar-refractivity contribution in [1.29, 1.82) is 0 Å². The maximum atomic E-state index is 11.3. The largest absolute Gasteiger partial charge is 0.369 e. The smallest absolute Gasteiger partial charge is 0.278 e. The summed E-state index contributed by atoms with van der Waals surface area (Å²) in [5.41, 5.74) is 5.58. The first kappa shape index (κ1) is 9.73. The third kappa shape index (κ3) is 2.29. The number of hydrogen-bond acceptors (Lipinski definition) is 4. The summed E-state index contributed by atoms with van der Waals surface area (Å²) in [6.07, 6.45) is 0. The molecule has 1 rings (SSSR count). The van der Waals surface area contributed by atoms with E-state index in [-0.39, 0.29) is 22.4 Å². The minimum absolute atomic E-state index is 0.0775. The predicted octanol–water partition coefficient (Wildman–Crippen LogP) is 0.949. The Hall–Kier alpha value is -1.36. The van der Waals surface area contributed by atoms with E-state index in [1.54, 1.807) is 13.8 Å². The fourth-order valence-electron chi connectivity index (χ4n) is 0.887. The Morgan fingerprint density at radius 2 is 2.31 bits per heavy atom. The molecule has 1 aromatic rings. The summed E-state index contributed by atoms with van der Waals surface area (Å²) in [7, 11) is 0. The molecule has 3 N–H and O–H groups in total. The van der Waals surface area contributed by atoms with Gasteiger partial charge in [-0.25, -0.2) is 9.98 Å². The average Bonchev–Trinajstić information content (AvgIpc) is 1.96. The van der Waals surface area contributed by atoms with Crippen molar-refractivity contribution < 1.29 is 0 Å². The topological polar surface area (TPSA) is 84.1 Å². The minimum Gasteiger partial charge on any atom is -0.369 e. The summed E-state index contributed by atoms with van der Waals surface area (Å²) in [5.74, 6) is 0.0775. The van der Waals surface area contributed by atoms with Crippen LogP contribution in [0.5, 0.6) is 0 Å². The molecule has 0 aliphatic heterocycles. The van der Waals surface area contributed by atoms with Crippen molar-refractivity contribution >= 4 is 28.4 Å². The molecule has 13 heavy (non-hydrogen) atoms. The van der Waals surface area contributed by atoms with Crippen molar-refractivity contribution in [3.8, 4) is 0 Å². The van der Waals surface area contributed by atoms with Gasteiger partial charge in [-0.3, -0.25) is 9.78 Å². The molecule has 0 saturated carbocycles. The van der Waals surface area contributed by atoms with E-state index in [1.807, 2.05) is 0 Å². The number of rotatable bonds is 1. The van der Waals surface area contributed by atoms with Gasteiger partial charge in [0.2, 0.25) is 5.95 Å². The molecule has 0 radical (unpaired) electrons. The number of nitrogens with zero attached hydrogens (tertiary/aromatic N) is 2. The number of anilines is 1. The highest BCUT2D eigenvalue weighted by atomic mass is 35.5. The van der Waals surface area contributed by atoms with Crippen molar-refractivity contribution in [1.82, 2.24) is 9.97 Å². The molecule has 0 spiro atoms. The lowest BCUT2D eigenvalue weighted by atomic mass is 10.4. The number of H-pyrrole nitrogens is 1. The summed E-state index contributed by atoms with van der Waals surface area (Å²) >= 11 is 5.53. The quantitative estimate of drug-likeness (QED) is 0.662. The molecular formula is C7H9ClN4O. The van der Waals surface area contributed by atoms with Crippen LogP contribution >= 0.6 is 11.6 Å². The lowest BCUT2D eigenvalue weighted by Gasteiger charge is -1.99. The van der Waals surface area contributed by atoms with Crippen LogP contribution in [-0.2, 0) is 0 Å². The van der Waals surface area contributed by atoms with Gasteiger partial charge in [0, 0.05) is 0 Å². The SMILES string of the molecule is CC(Cl)=Nc1c(C)nc(N)[nH]c1=O. The van der Waals surface area contributed by atoms with Gasteiger partial charge in [-0.2, -0.15) is 0 Å². The van der Waals surface area contributed by atoms with E-state index < -0.39 is 0 Å². The molecule has 5 nitrogen and oxygen atoms in total. The van der Waals surface area contributed by atoms with Gasteiger partial charge in [0.1, 0.15) is 5.17 Å². The highest BCUT2D eigenvalue weighted by Gasteiger charge is 2.04. The molecule has 0 aliphatic carbocycles. The molecule has 0 amide bonds. The Balaban J connectivity index is 3.38. The number of nitrogen functional groups attached to an aromatic ring is 1. The third-order valence-electron chi connectivity index (χ3n) is 1.35.